The molecule has 1 fully saturated rings. The summed E-state index contributed by atoms with van der Waals surface area (Å²) in [7, 11) is 1.40. The van der Waals surface area contributed by atoms with Gasteiger partial charge in [-0.3, -0.25) is 14.6 Å². The van der Waals surface area contributed by atoms with Gasteiger partial charge >= 0.3 is 0 Å². The van der Waals surface area contributed by atoms with Crippen molar-refractivity contribution < 1.29 is 18.8 Å². The van der Waals surface area contributed by atoms with E-state index < -0.39 is 0 Å². The van der Waals surface area contributed by atoms with Gasteiger partial charge in [-0.05, 0) is 68.3 Å². The number of aryl methyl sites for hydroxylation is 1. The summed E-state index contributed by atoms with van der Waals surface area (Å²) in [5.41, 5.74) is 3.90. The number of amides is 2. The van der Waals surface area contributed by atoms with E-state index in [1.54, 1.807) is 29.6 Å². The first kappa shape index (κ1) is 24.9. The number of hydrogen-bond acceptors (Lipinski definition) is 7. The van der Waals surface area contributed by atoms with Gasteiger partial charge in [-0.25, -0.2) is 4.98 Å². The molecule has 2 amide bonds. The highest BCUT2D eigenvalue weighted by molar-refractivity contribution is 6.44. The topological polar surface area (TPSA) is 115 Å². The predicted octanol–water partition coefficient (Wildman–Crippen LogP) is 4.18. The average Bonchev–Trinajstić information content (AvgIpc) is 3.67. The van der Waals surface area contributed by atoms with Crippen LogP contribution in [0.25, 0.3) is 5.69 Å². The second-order valence-electron chi connectivity index (χ2n) is 9.02. The third-order valence-corrected chi connectivity index (χ3v) is 6.54. The summed E-state index contributed by atoms with van der Waals surface area (Å²) in [4.78, 5) is 41.9. The summed E-state index contributed by atoms with van der Waals surface area (Å²) in [6.45, 7) is 2.91. The first-order chi connectivity index (χ1) is 18.5. The zero-order valence-corrected chi connectivity index (χ0v) is 21.2. The number of furan rings is 1. The van der Waals surface area contributed by atoms with Crippen LogP contribution in [0.1, 0.15) is 46.3 Å². The number of carbonyl (C=O) groups excluding carboxylic acids is 2. The number of piperidine rings is 1. The molecular formula is C28H28N6O4. The molecule has 5 rings (SSSR count). The third-order valence-electron chi connectivity index (χ3n) is 6.54. The van der Waals surface area contributed by atoms with Crippen molar-refractivity contribution in [1.82, 2.24) is 19.4 Å². The fourth-order valence-electron chi connectivity index (χ4n) is 4.61. The van der Waals surface area contributed by atoms with Crippen LogP contribution < -0.4 is 5.32 Å². The number of oxime groups is 1. The van der Waals surface area contributed by atoms with Crippen molar-refractivity contribution in [1.29, 1.82) is 0 Å². The van der Waals surface area contributed by atoms with Gasteiger partial charge < -0.3 is 24.0 Å². The standard InChI is InChI=1S/C28H28N6O4/c1-19-5-10-23(27(35)31-21-6-8-22(9-7-21)34-16-13-29-18-34)25(30-19)20-11-14-33(15-12-20)28(36)26(32-37-2)24-4-3-17-38-24/h3-10,13,16-18,20H,11-12,14-15H2,1-2H3,(H,31,35). The molecule has 0 radical (unpaired) electrons. The van der Waals surface area contributed by atoms with Crippen LogP contribution in [0.2, 0.25) is 0 Å². The van der Waals surface area contributed by atoms with Crippen LogP contribution in [-0.4, -0.2) is 57.2 Å². The van der Waals surface area contributed by atoms with Gasteiger partial charge in [-0.15, -0.1) is 0 Å². The monoisotopic (exact) mass is 512 g/mol. The predicted molar refractivity (Wildman–Crippen MR) is 141 cm³/mol. The molecule has 0 spiro atoms. The molecule has 4 aromatic rings. The summed E-state index contributed by atoms with van der Waals surface area (Å²) in [5.74, 6) is -0.0747. The molecule has 10 nitrogen and oxygen atoms in total. The molecule has 38 heavy (non-hydrogen) atoms. The smallest absolute Gasteiger partial charge is 0.279 e. The molecular weight excluding hydrogens is 484 g/mol. The Labute approximate surface area is 219 Å². The van der Waals surface area contributed by atoms with E-state index in [4.69, 9.17) is 14.2 Å². The van der Waals surface area contributed by atoms with E-state index in [0.717, 1.165) is 17.1 Å². The quantitative estimate of drug-likeness (QED) is 0.294. The molecule has 0 bridgehead atoms. The summed E-state index contributed by atoms with van der Waals surface area (Å²) in [6.07, 6.45) is 8.12. The Bertz CT molecular complexity index is 1420. The highest BCUT2D eigenvalue weighted by Crippen LogP contribution is 2.30. The summed E-state index contributed by atoms with van der Waals surface area (Å²) in [6, 6.07) is 14.6. The van der Waals surface area contributed by atoms with Gasteiger partial charge in [0, 0.05) is 48.5 Å². The van der Waals surface area contributed by atoms with Gasteiger partial charge in [-0.2, -0.15) is 0 Å². The zero-order valence-electron chi connectivity index (χ0n) is 21.2. The minimum absolute atomic E-state index is 0.0368. The van der Waals surface area contributed by atoms with Crippen molar-refractivity contribution in [2.45, 2.75) is 25.7 Å². The van der Waals surface area contributed by atoms with E-state index in [1.165, 1.54) is 13.4 Å². The number of nitrogens with zero attached hydrogens (tertiary/aromatic N) is 5. The van der Waals surface area contributed by atoms with E-state index in [2.05, 4.69) is 15.5 Å². The molecule has 4 heterocycles. The summed E-state index contributed by atoms with van der Waals surface area (Å²) >= 11 is 0. The molecule has 194 valence electrons. The number of likely N-dealkylation sites (tertiary alicyclic amines) is 1. The van der Waals surface area contributed by atoms with Crippen LogP contribution in [0, 0.1) is 6.92 Å². The molecule has 1 aromatic carbocycles. The maximum Gasteiger partial charge on any atom is 0.279 e. The van der Waals surface area contributed by atoms with Crippen molar-refractivity contribution in [2.75, 3.05) is 25.5 Å². The number of nitrogens with one attached hydrogen (secondary N) is 1. The van der Waals surface area contributed by atoms with Crippen molar-refractivity contribution >= 4 is 23.2 Å². The second-order valence-corrected chi connectivity index (χ2v) is 9.02. The Hall–Kier alpha value is -4.73. The van der Waals surface area contributed by atoms with Crippen LogP contribution in [0.4, 0.5) is 5.69 Å². The van der Waals surface area contributed by atoms with E-state index in [0.29, 0.717) is 42.9 Å². The number of hydrogen-bond donors (Lipinski definition) is 1. The van der Waals surface area contributed by atoms with E-state index in [1.807, 2.05) is 54.1 Å². The molecule has 0 saturated carbocycles. The fourth-order valence-corrected chi connectivity index (χ4v) is 4.61. The number of pyridine rings is 1. The number of anilines is 1. The minimum Gasteiger partial charge on any atom is -0.462 e. The molecule has 1 N–H and O–H groups in total. The van der Waals surface area contributed by atoms with Crippen molar-refractivity contribution in [3.63, 3.8) is 0 Å². The molecule has 1 aliphatic heterocycles. The largest absolute Gasteiger partial charge is 0.462 e. The Kier molecular flexibility index (Phi) is 7.30. The lowest BCUT2D eigenvalue weighted by atomic mass is 9.89. The highest BCUT2D eigenvalue weighted by Gasteiger charge is 2.31. The normalized spacial score (nSPS) is 14.4. The Morgan fingerprint density at radius 1 is 1.11 bits per heavy atom. The molecule has 10 heteroatoms. The van der Waals surface area contributed by atoms with Crippen LogP contribution in [-0.2, 0) is 9.63 Å². The van der Waals surface area contributed by atoms with E-state index in [9.17, 15) is 9.59 Å². The lowest BCUT2D eigenvalue weighted by Gasteiger charge is -2.32. The van der Waals surface area contributed by atoms with Gasteiger partial charge in [0.15, 0.2) is 5.76 Å². The molecule has 1 saturated heterocycles. The highest BCUT2D eigenvalue weighted by atomic mass is 16.6. The molecule has 0 aliphatic carbocycles. The minimum atomic E-state index is -0.255. The van der Waals surface area contributed by atoms with Crippen LogP contribution in [0.3, 0.4) is 0 Å². The van der Waals surface area contributed by atoms with Crippen LogP contribution in [0.15, 0.2) is 83.1 Å². The first-order valence-electron chi connectivity index (χ1n) is 12.3. The SMILES string of the molecule is CON=C(C(=O)N1CCC(c2nc(C)ccc2C(=O)Nc2ccc(-n3ccnc3)cc2)CC1)c1ccco1. The Balaban J connectivity index is 1.28. The number of imidazole rings is 1. The van der Waals surface area contributed by atoms with E-state index in [-0.39, 0.29) is 23.4 Å². The molecule has 0 atom stereocenters. The van der Waals surface area contributed by atoms with E-state index >= 15 is 0 Å². The third kappa shape index (κ3) is 5.34. The van der Waals surface area contributed by atoms with Gasteiger partial charge in [0.25, 0.3) is 11.8 Å². The summed E-state index contributed by atoms with van der Waals surface area (Å²) < 4.78 is 7.26. The maximum absolute atomic E-state index is 13.3. The second kappa shape index (κ2) is 11.1. The van der Waals surface area contributed by atoms with Gasteiger partial charge in [0.05, 0.1) is 23.8 Å². The molecule has 0 unspecified atom stereocenters. The Morgan fingerprint density at radius 2 is 1.89 bits per heavy atom. The molecule has 3 aromatic heterocycles. The maximum atomic E-state index is 13.3. The van der Waals surface area contributed by atoms with Gasteiger partial charge in [0.2, 0.25) is 5.71 Å². The van der Waals surface area contributed by atoms with Crippen LogP contribution in [0.5, 0.6) is 0 Å². The summed E-state index contributed by atoms with van der Waals surface area (Å²) in [5, 5.41) is 6.88. The number of aromatic nitrogens is 3. The Morgan fingerprint density at radius 3 is 2.55 bits per heavy atom. The lowest BCUT2D eigenvalue weighted by Crippen LogP contribution is -2.42. The van der Waals surface area contributed by atoms with Gasteiger partial charge in [0.1, 0.15) is 7.11 Å². The number of carbonyl (C=O) groups is 2. The van der Waals surface area contributed by atoms with Gasteiger partial charge in [-0.1, -0.05) is 5.16 Å². The van der Waals surface area contributed by atoms with Crippen molar-refractivity contribution in [3.8, 4) is 5.69 Å². The fraction of sp³-hybridized carbons (Fsp3) is 0.250. The van der Waals surface area contributed by atoms with Crippen molar-refractivity contribution in [2.24, 2.45) is 5.16 Å². The number of rotatable bonds is 7. The zero-order chi connectivity index (χ0) is 26.5. The molecule has 1 aliphatic rings. The average molecular weight is 513 g/mol. The number of benzene rings is 1. The first-order valence-corrected chi connectivity index (χ1v) is 12.3. The van der Waals surface area contributed by atoms with Crippen molar-refractivity contribution in [3.05, 3.63) is 96.2 Å². The lowest BCUT2D eigenvalue weighted by molar-refractivity contribution is -0.125. The van der Waals surface area contributed by atoms with Crippen LogP contribution >= 0.6 is 0 Å².